The van der Waals surface area contributed by atoms with Crippen molar-refractivity contribution in [3.63, 3.8) is 0 Å². The van der Waals surface area contributed by atoms with Gasteiger partial charge in [-0.3, -0.25) is 4.79 Å². The third kappa shape index (κ3) is 3.13. The molecule has 0 heterocycles. The van der Waals surface area contributed by atoms with Crippen LogP contribution in [0.1, 0.15) is 10.4 Å². The van der Waals surface area contributed by atoms with E-state index in [1.807, 2.05) is 0 Å². The average molecular weight is 316 g/mol. The number of hydrogen-bond donors (Lipinski definition) is 2. The van der Waals surface area contributed by atoms with Crippen molar-refractivity contribution in [2.45, 2.75) is 0 Å². The molecule has 0 spiro atoms. The molecular formula is C13H9Cl3N2O. The van der Waals surface area contributed by atoms with Crippen molar-refractivity contribution in [1.29, 1.82) is 0 Å². The van der Waals surface area contributed by atoms with Gasteiger partial charge in [0, 0.05) is 5.02 Å². The van der Waals surface area contributed by atoms with E-state index in [0.29, 0.717) is 21.4 Å². The lowest BCUT2D eigenvalue weighted by atomic mass is 10.2. The lowest BCUT2D eigenvalue weighted by Crippen LogP contribution is -2.13. The molecule has 6 heteroatoms. The highest BCUT2D eigenvalue weighted by Crippen LogP contribution is 2.28. The highest BCUT2D eigenvalue weighted by Gasteiger charge is 2.13. The topological polar surface area (TPSA) is 55.1 Å². The van der Waals surface area contributed by atoms with Crippen LogP contribution in [0.25, 0.3) is 0 Å². The van der Waals surface area contributed by atoms with Gasteiger partial charge in [-0.1, -0.05) is 40.9 Å². The molecule has 0 saturated carbocycles. The van der Waals surface area contributed by atoms with Crippen LogP contribution in [-0.4, -0.2) is 5.91 Å². The summed E-state index contributed by atoms with van der Waals surface area (Å²) in [4.78, 5) is 12.1. The third-order valence-corrected chi connectivity index (χ3v) is 3.44. The maximum atomic E-state index is 12.1. The summed E-state index contributed by atoms with van der Waals surface area (Å²) < 4.78 is 0. The number of halogens is 3. The number of amides is 1. The van der Waals surface area contributed by atoms with Crippen molar-refractivity contribution in [1.82, 2.24) is 0 Å². The Morgan fingerprint density at radius 2 is 1.84 bits per heavy atom. The summed E-state index contributed by atoms with van der Waals surface area (Å²) in [5.74, 6) is -0.401. The SMILES string of the molecule is Nc1cccc(C(=O)Nc2cc(Cl)ccc2Cl)c1Cl. The summed E-state index contributed by atoms with van der Waals surface area (Å²) in [6.07, 6.45) is 0. The van der Waals surface area contributed by atoms with Gasteiger partial charge in [0.05, 0.1) is 27.0 Å². The van der Waals surface area contributed by atoms with E-state index >= 15 is 0 Å². The fraction of sp³-hybridized carbons (Fsp3) is 0. The molecule has 3 N–H and O–H groups in total. The predicted octanol–water partition coefficient (Wildman–Crippen LogP) is 4.48. The van der Waals surface area contributed by atoms with Crippen LogP contribution < -0.4 is 11.1 Å². The number of nitrogens with two attached hydrogens (primary N) is 1. The van der Waals surface area contributed by atoms with Gasteiger partial charge < -0.3 is 11.1 Å². The molecule has 0 unspecified atom stereocenters. The fourth-order valence-corrected chi connectivity index (χ4v) is 2.06. The average Bonchev–Trinajstić information content (AvgIpc) is 2.37. The van der Waals surface area contributed by atoms with Crippen LogP contribution in [0.15, 0.2) is 36.4 Å². The lowest BCUT2D eigenvalue weighted by Gasteiger charge is -2.09. The fourth-order valence-electron chi connectivity index (χ4n) is 1.51. The van der Waals surface area contributed by atoms with Crippen LogP contribution in [0, 0.1) is 0 Å². The summed E-state index contributed by atoms with van der Waals surface area (Å²) >= 11 is 17.8. The minimum absolute atomic E-state index is 0.207. The van der Waals surface area contributed by atoms with E-state index in [1.54, 1.807) is 36.4 Å². The summed E-state index contributed by atoms with van der Waals surface area (Å²) in [5.41, 5.74) is 6.68. The van der Waals surface area contributed by atoms with Crippen LogP contribution in [-0.2, 0) is 0 Å². The number of nitrogens with one attached hydrogen (secondary N) is 1. The van der Waals surface area contributed by atoms with E-state index in [4.69, 9.17) is 40.5 Å². The Hall–Kier alpha value is -1.42. The summed E-state index contributed by atoms with van der Waals surface area (Å²) in [5, 5.41) is 3.70. The molecule has 0 aromatic heterocycles. The minimum Gasteiger partial charge on any atom is -0.398 e. The largest absolute Gasteiger partial charge is 0.398 e. The molecular weight excluding hydrogens is 307 g/mol. The van der Waals surface area contributed by atoms with Crippen LogP contribution in [0.5, 0.6) is 0 Å². The van der Waals surface area contributed by atoms with Crippen LogP contribution in [0.2, 0.25) is 15.1 Å². The third-order valence-electron chi connectivity index (χ3n) is 2.45. The zero-order valence-electron chi connectivity index (χ0n) is 9.58. The molecule has 19 heavy (non-hydrogen) atoms. The van der Waals surface area contributed by atoms with Gasteiger partial charge in [-0.15, -0.1) is 0 Å². The summed E-state index contributed by atoms with van der Waals surface area (Å²) in [7, 11) is 0. The minimum atomic E-state index is -0.401. The highest BCUT2D eigenvalue weighted by atomic mass is 35.5. The Balaban J connectivity index is 2.31. The van der Waals surface area contributed by atoms with E-state index in [0.717, 1.165) is 0 Å². The van der Waals surface area contributed by atoms with Gasteiger partial charge in [-0.2, -0.15) is 0 Å². The second-order valence-corrected chi connectivity index (χ2v) is 5.01. The Morgan fingerprint density at radius 1 is 1.11 bits per heavy atom. The predicted molar refractivity (Wildman–Crippen MR) is 80.3 cm³/mol. The second-order valence-electron chi connectivity index (χ2n) is 3.79. The number of nitrogen functional groups attached to an aromatic ring is 1. The van der Waals surface area contributed by atoms with Gasteiger partial charge in [-0.05, 0) is 30.3 Å². The van der Waals surface area contributed by atoms with Crippen LogP contribution in [0.4, 0.5) is 11.4 Å². The maximum absolute atomic E-state index is 12.1. The van der Waals surface area contributed by atoms with E-state index in [-0.39, 0.29) is 10.6 Å². The zero-order chi connectivity index (χ0) is 14.0. The molecule has 0 aliphatic heterocycles. The molecule has 98 valence electrons. The lowest BCUT2D eigenvalue weighted by molar-refractivity contribution is 0.102. The van der Waals surface area contributed by atoms with Gasteiger partial charge in [-0.25, -0.2) is 0 Å². The Labute approximate surface area is 125 Å². The van der Waals surface area contributed by atoms with E-state index in [9.17, 15) is 4.79 Å². The number of carbonyl (C=O) groups is 1. The molecule has 0 aliphatic rings. The number of hydrogen-bond acceptors (Lipinski definition) is 2. The number of carbonyl (C=O) groups excluding carboxylic acids is 1. The van der Waals surface area contributed by atoms with Gasteiger partial charge in [0.2, 0.25) is 0 Å². The molecule has 0 atom stereocenters. The molecule has 2 aromatic carbocycles. The molecule has 0 radical (unpaired) electrons. The van der Waals surface area contributed by atoms with Gasteiger partial charge >= 0.3 is 0 Å². The van der Waals surface area contributed by atoms with Crippen molar-refractivity contribution in [3.8, 4) is 0 Å². The Kier molecular flexibility index (Phi) is 4.20. The van der Waals surface area contributed by atoms with E-state index in [1.165, 1.54) is 0 Å². The summed E-state index contributed by atoms with van der Waals surface area (Å²) in [6.45, 7) is 0. The number of benzene rings is 2. The van der Waals surface area contributed by atoms with Crippen molar-refractivity contribution < 1.29 is 4.79 Å². The highest BCUT2D eigenvalue weighted by molar-refractivity contribution is 6.38. The first kappa shape index (κ1) is 14.0. The van der Waals surface area contributed by atoms with Gasteiger partial charge in [0.1, 0.15) is 0 Å². The molecule has 0 fully saturated rings. The molecule has 2 aromatic rings. The molecule has 0 saturated heterocycles. The first-order valence-electron chi connectivity index (χ1n) is 5.29. The first-order valence-corrected chi connectivity index (χ1v) is 6.43. The van der Waals surface area contributed by atoms with Crippen LogP contribution in [0.3, 0.4) is 0 Å². The number of anilines is 2. The monoisotopic (exact) mass is 314 g/mol. The smallest absolute Gasteiger partial charge is 0.257 e. The van der Waals surface area contributed by atoms with Gasteiger partial charge in [0.15, 0.2) is 0 Å². The van der Waals surface area contributed by atoms with Gasteiger partial charge in [0.25, 0.3) is 5.91 Å². The van der Waals surface area contributed by atoms with E-state index in [2.05, 4.69) is 5.32 Å². The molecule has 2 rings (SSSR count). The quantitative estimate of drug-likeness (QED) is 0.803. The van der Waals surface area contributed by atoms with Crippen molar-refractivity contribution in [2.24, 2.45) is 0 Å². The second kappa shape index (κ2) is 5.70. The maximum Gasteiger partial charge on any atom is 0.257 e. The van der Waals surface area contributed by atoms with Crippen LogP contribution >= 0.6 is 34.8 Å². The van der Waals surface area contributed by atoms with Crippen molar-refractivity contribution in [2.75, 3.05) is 11.1 Å². The molecule has 3 nitrogen and oxygen atoms in total. The Morgan fingerprint density at radius 3 is 2.58 bits per heavy atom. The summed E-state index contributed by atoms with van der Waals surface area (Å²) in [6, 6.07) is 9.63. The standard InChI is InChI=1S/C13H9Cl3N2O/c14-7-4-5-9(15)11(6-7)18-13(19)8-2-1-3-10(17)12(8)16/h1-6H,17H2,(H,18,19). The van der Waals surface area contributed by atoms with E-state index < -0.39 is 5.91 Å². The van der Waals surface area contributed by atoms with Crippen molar-refractivity contribution in [3.05, 3.63) is 57.0 Å². The molecule has 0 aliphatic carbocycles. The zero-order valence-corrected chi connectivity index (χ0v) is 11.9. The molecule has 0 bridgehead atoms. The number of rotatable bonds is 2. The molecule has 1 amide bonds. The normalized spacial score (nSPS) is 10.3. The Bertz CT molecular complexity index is 644. The van der Waals surface area contributed by atoms with Crippen molar-refractivity contribution >= 4 is 52.1 Å². The first-order chi connectivity index (χ1) is 8.99.